The highest BCUT2D eigenvalue weighted by molar-refractivity contribution is 14.0. The van der Waals surface area contributed by atoms with Gasteiger partial charge < -0.3 is 20.1 Å². The van der Waals surface area contributed by atoms with Gasteiger partial charge in [0.15, 0.2) is 17.5 Å². The molecule has 1 aliphatic rings. The Labute approximate surface area is 171 Å². The molecule has 2 aromatic rings. The van der Waals surface area contributed by atoms with Gasteiger partial charge in [-0.25, -0.2) is 0 Å². The van der Waals surface area contributed by atoms with Crippen LogP contribution in [0, 0.1) is 0 Å². The van der Waals surface area contributed by atoms with E-state index in [0.717, 1.165) is 39.8 Å². The third kappa shape index (κ3) is 5.25. The molecule has 130 valence electrons. The molecule has 0 spiro atoms. The van der Waals surface area contributed by atoms with E-state index in [-0.39, 0.29) is 24.0 Å². The third-order valence-corrected chi connectivity index (χ3v) is 5.10. The summed E-state index contributed by atoms with van der Waals surface area (Å²) in [6.45, 7) is 1.82. The zero-order valence-corrected chi connectivity index (χ0v) is 17.9. The summed E-state index contributed by atoms with van der Waals surface area (Å²) >= 11 is 5.24. The first kappa shape index (κ1) is 19.3. The third-order valence-electron chi connectivity index (χ3n) is 3.41. The van der Waals surface area contributed by atoms with Crippen LogP contribution in [0.1, 0.15) is 10.4 Å². The van der Waals surface area contributed by atoms with Crippen LogP contribution in [-0.2, 0) is 13.0 Å². The van der Waals surface area contributed by atoms with Gasteiger partial charge in [-0.05, 0) is 52.2 Å². The van der Waals surface area contributed by atoms with Gasteiger partial charge in [-0.2, -0.15) is 0 Å². The van der Waals surface area contributed by atoms with Gasteiger partial charge in [0.2, 0.25) is 6.79 Å². The Hall–Kier alpha value is -1.00. The molecule has 0 bridgehead atoms. The monoisotopic (exact) mass is 523 g/mol. The summed E-state index contributed by atoms with van der Waals surface area (Å²) in [5.74, 6) is 2.40. The van der Waals surface area contributed by atoms with Gasteiger partial charge in [0.1, 0.15) is 0 Å². The van der Waals surface area contributed by atoms with E-state index in [1.165, 1.54) is 4.88 Å². The molecule has 0 unspecified atom stereocenters. The van der Waals surface area contributed by atoms with E-state index in [4.69, 9.17) is 9.47 Å². The minimum Gasteiger partial charge on any atom is -0.454 e. The summed E-state index contributed by atoms with van der Waals surface area (Å²) in [4.78, 5) is 5.59. The minimum atomic E-state index is 0. The molecule has 0 fully saturated rings. The fourth-order valence-electron chi connectivity index (χ4n) is 2.25. The zero-order valence-electron chi connectivity index (χ0n) is 13.2. The molecule has 0 saturated heterocycles. The molecule has 0 amide bonds. The topological polar surface area (TPSA) is 54.9 Å². The molecule has 0 aliphatic carbocycles. The number of rotatable bonds is 5. The highest BCUT2D eigenvalue weighted by atomic mass is 127. The molecule has 3 rings (SSSR count). The van der Waals surface area contributed by atoms with Crippen molar-refractivity contribution in [3.05, 3.63) is 44.6 Å². The number of nitrogens with one attached hydrogen (secondary N) is 2. The van der Waals surface area contributed by atoms with E-state index in [1.807, 2.05) is 18.2 Å². The van der Waals surface area contributed by atoms with Crippen molar-refractivity contribution in [2.75, 3.05) is 20.4 Å². The molecular formula is C16H19BrIN3O2S. The fraction of sp³-hybridized carbons (Fsp3) is 0.312. The highest BCUT2D eigenvalue weighted by Crippen LogP contribution is 2.32. The minimum absolute atomic E-state index is 0. The van der Waals surface area contributed by atoms with Crippen LogP contribution in [0.25, 0.3) is 0 Å². The van der Waals surface area contributed by atoms with E-state index in [1.54, 1.807) is 18.4 Å². The van der Waals surface area contributed by atoms with Crippen LogP contribution in [-0.4, -0.2) is 26.3 Å². The molecule has 2 N–H and O–H groups in total. The maximum atomic E-state index is 5.39. The van der Waals surface area contributed by atoms with Crippen molar-refractivity contribution in [1.82, 2.24) is 10.6 Å². The Morgan fingerprint density at radius 1 is 1.21 bits per heavy atom. The Balaban J connectivity index is 0.00000208. The van der Waals surface area contributed by atoms with Crippen LogP contribution >= 0.6 is 51.2 Å². The largest absolute Gasteiger partial charge is 0.454 e. The van der Waals surface area contributed by atoms with Gasteiger partial charge in [-0.3, -0.25) is 4.99 Å². The van der Waals surface area contributed by atoms with Crippen molar-refractivity contribution >= 4 is 57.2 Å². The smallest absolute Gasteiger partial charge is 0.231 e. The number of halogens is 2. The Kier molecular flexibility index (Phi) is 7.63. The molecule has 24 heavy (non-hydrogen) atoms. The number of nitrogens with zero attached hydrogens (tertiary/aromatic N) is 1. The van der Waals surface area contributed by atoms with Gasteiger partial charge in [-0.15, -0.1) is 35.3 Å². The second kappa shape index (κ2) is 9.47. The van der Waals surface area contributed by atoms with Crippen molar-refractivity contribution in [2.24, 2.45) is 4.99 Å². The lowest BCUT2D eigenvalue weighted by atomic mass is 10.2. The zero-order chi connectivity index (χ0) is 16.1. The predicted octanol–water partition coefficient (Wildman–Crippen LogP) is 3.77. The second-order valence-electron chi connectivity index (χ2n) is 5.00. The molecule has 1 aromatic heterocycles. The number of hydrogen-bond acceptors (Lipinski definition) is 4. The van der Waals surface area contributed by atoms with Gasteiger partial charge in [-0.1, -0.05) is 6.07 Å². The number of ether oxygens (including phenoxy) is 2. The molecule has 1 aliphatic heterocycles. The lowest BCUT2D eigenvalue weighted by Gasteiger charge is -2.11. The summed E-state index contributed by atoms with van der Waals surface area (Å²) in [6, 6.07) is 10.2. The van der Waals surface area contributed by atoms with Crippen LogP contribution in [0.15, 0.2) is 39.1 Å². The summed E-state index contributed by atoms with van der Waals surface area (Å²) in [7, 11) is 1.77. The van der Waals surface area contributed by atoms with Gasteiger partial charge in [0, 0.05) is 25.0 Å². The highest BCUT2D eigenvalue weighted by Gasteiger charge is 2.13. The number of hydrogen-bond donors (Lipinski definition) is 2. The van der Waals surface area contributed by atoms with Crippen molar-refractivity contribution in [1.29, 1.82) is 0 Å². The summed E-state index contributed by atoms with van der Waals surface area (Å²) in [5.41, 5.74) is 1.12. The first-order valence-electron chi connectivity index (χ1n) is 7.32. The Morgan fingerprint density at radius 2 is 2.04 bits per heavy atom. The number of fused-ring (bicyclic) bond motifs is 1. The van der Waals surface area contributed by atoms with Crippen LogP contribution in [0.4, 0.5) is 0 Å². The standard InChI is InChI=1S/C16H18BrN3O2S.HI/c1-18-16(19-7-6-12-3-5-15(17)23-12)20-9-11-2-4-13-14(8-11)22-10-21-13;/h2-5,8H,6-7,9-10H2,1H3,(H2,18,19,20);1H. The molecule has 5 nitrogen and oxygen atoms in total. The normalized spacial score (nSPS) is 12.7. The molecule has 0 atom stereocenters. The van der Waals surface area contributed by atoms with Crippen LogP contribution in [0.5, 0.6) is 11.5 Å². The predicted molar refractivity (Wildman–Crippen MR) is 112 cm³/mol. The SMILES string of the molecule is CN=C(NCCc1ccc(Br)s1)NCc1ccc2c(c1)OCO2.I. The average molecular weight is 524 g/mol. The maximum Gasteiger partial charge on any atom is 0.231 e. The Morgan fingerprint density at radius 3 is 2.79 bits per heavy atom. The van der Waals surface area contributed by atoms with Crippen LogP contribution in [0.2, 0.25) is 0 Å². The quantitative estimate of drug-likeness (QED) is 0.356. The molecule has 1 aromatic carbocycles. The first-order valence-corrected chi connectivity index (χ1v) is 8.93. The van der Waals surface area contributed by atoms with Crippen LogP contribution in [0.3, 0.4) is 0 Å². The van der Waals surface area contributed by atoms with Gasteiger partial charge in [0.25, 0.3) is 0 Å². The number of thiophene rings is 1. The number of benzene rings is 1. The number of guanidine groups is 1. The van der Waals surface area contributed by atoms with Crippen molar-refractivity contribution in [2.45, 2.75) is 13.0 Å². The van der Waals surface area contributed by atoms with Crippen molar-refractivity contribution < 1.29 is 9.47 Å². The summed E-state index contributed by atoms with van der Waals surface area (Å²) < 4.78 is 11.9. The molecular weight excluding hydrogens is 505 g/mol. The molecule has 2 heterocycles. The average Bonchev–Trinajstić information content (AvgIpc) is 3.18. The fourth-order valence-corrected chi connectivity index (χ4v) is 3.73. The van der Waals surface area contributed by atoms with E-state index < -0.39 is 0 Å². The van der Waals surface area contributed by atoms with Crippen molar-refractivity contribution in [3.8, 4) is 11.5 Å². The molecule has 0 saturated carbocycles. The lowest BCUT2D eigenvalue weighted by Crippen LogP contribution is -2.37. The molecule has 8 heteroatoms. The van der Waals surface area contributed by atoms with E-state index in [9.17, 15) is 0 Å². The first-order chi connectivity index (χ1) is 11.2. The van der Waals surface area contributed by atoms with Gasteiger partial charge >= 0.3 is 0 Å². The maximum absolute atomic E-state index is 5.39. The van der Waals surface area contributed by atoms with E-state index >= 15 is 0 Å². The number of aliphatic imine (C=N–C) groups is 1. The summed E-state index contributed by atoms with van der Waals surface area (Å²) in [6.07, 6.45) is 0.973. The second-order valence-corrected chi connectivity index (χ2v) is 7.54. The summed E-state index contributed by atoms with van der Waals surface area (Å²) in [5, 5.41) is 6.63. The van der Waals surface area contributed by atoms with E-state index in [2.05, 4.69) is 43.7 Å². The van der Waals surface area contributed by atoms with E-state index in [0.29, 0.717) is 13.3 Å². The van der Waals surface area contributed by atoms with Crippen LogP contribution < -0.4 is 20.1 Å². The van der Waals surface area contributed by atoms with Gasteiger partial charge in [0.05, 0.1) is 3.79 Å². The van der Waals surface area contributed by atoms with Crippen molar-refractivity contribution in [3.63, 3.8) is 0 Å². The lowest BCUT2D eigenvalue weighted by molar-refractivity contribution is 0.174. The Bertz CT molecular complexity index is 708. The molecule has 0 radical (unpaired) electrons.